The summed E-state index contributed by atoms with van der Waals surface area (Å²) in [6, 6.07) is 4.32. The fourth-order valence-electron chi connectivity index (χ4n) is 5.07. The van der Waals surface area contributed by atoms with Crippen molar-refractivity contribution in [3.05, 3.63) is 70.3 Å². The maximum absolute atomic E-state index is 13.9. The van der Waals surface area contributed by atoms with Gasteiger partial charge in [-0.1, -0.05) is 18.2 Å². The standard InChI is InChI=1S/C27H31NO14/c29-8-13-20(35)22(37)18(28-13)19(34)12-7-15(33)17(14(32)6-3-10-1-4-11(31)5-2-10)25(40)27(12,41)26-24(39)23(38)21(36)16(9-30)42-26/h1-7,13,16,20-24,26,28-32,34-39,41H,8-9H2/b6-3+,17-14?,19-18-/t13-,16-,20-,21-,22-,23+,24-,26-,27+/m1/s1. The minimum absolute atomic E-state index is 0.0525. The van der Waals surface area contributed by atoms with Gasteiger partial charge in [0, 0.05) is 5.57 Å². The van der Waals surface area contributed by atoms with E-state index in [9.17, 15) is 65.8 Å². The third kappa shape index (κ3) is 5.22. The van der Waals surface area contributed by atoms with E-state index in [0.717, 1.165) is 6.08 Å². The molecule has 0 spiro atoms. The molecule has 0 unspecified atom stereocenters. The van der Waals surface area contributed by atoms with Crippen molar-refractivity contribution < 1.29 is 70.5 Å². The summed E-state index contributed by atoms with van der Waals surface area (Å²) < 4.78 is 5.40. The second kappa shape index (κ2) is 11.9. The van der Waals surface area contributed by atoms with E-state index in [2.05, 4.69) is 5.32 Å². The number of nitrogens with one attached hydrogen (secondary N) is 1. The molecule has 15 nitrogen and oxygen atoms in total. The molecule has 0 radical (unpaired) electrons. The van der Waals surface area contributed by atoms with Gasteiger partial charge < -0.3 is 66.2 Å². The van der Waals surface area contributed by atoms with Gasteiger partial charge in [0.25, 0.3) is 0 Å². The Labute approximate surface area is 237 Å². The van der Waals surface area contributed by atoms with Crippen molar-refractivity contribution in [2.24, 2.45) is 0 Å². The molecular formula is C27H31NO14. The lowest BCUT2D eigenvalue weighted by atomic mass is 9.70. The van der Waals surface area contributed by atoms with Crippen LogP contribution in [0.15, 0.2) is 64.8 Å². The Morgan fingerprint density at radius 1 is 0.929 bits per heavy atom. The lowest BCUT2D eigenvalue weighted by Gasteiger charge is -2.47. The van der Waals surface area contributed by atoms with Crippen LogP contribution < -0.4 is 5.32 Å². The molecule has 9 atom stereocenters. The highest BCUT2D eigenvalue weighted by Gasteiger charge is 2.61. The number of aromatic hydroxyl groups is 1. The zero-order chi connectivity index (χ0) is 31.1. The maximum atomic E-state index is 13.9. The molecule has 2 aliphatic heterocycles. The number of phenolic OH excluding ortho intramolecular Hbond substituents is 1. The topological polar surface area (TPSA) is 278 Å². The van der Waals surface area contributed by atoms with E-state index in [-0.39, 0.29) is 5.75 Å². The number of allylic oxidation sites excluding steroid dienone is 2. The smallest absolute Gasteiger partial charge is 0.209 e. The van der Waals surface area contributed by atoms with Gasteiger partial charge in [-0.2, -0.15) is 0 Å². The Morgan fingerprint density at radius 2 is 1.57 bits per heavy atom. The van der Waals surface area contributed by atoms with Crippen LogP contribution in [0.5, 0.6) is 5.75 Å². The molecule has 2 saturated heterocycles. The highest BCUT2D eigenvalue weighted by Crippen LogP contribution is 2.42. The van der Waals surface area contributed by atoms with Crippen molar-refractivity contribution >= 4 is 17.6 Å². The molecule has 1 aromatic carbocycles. The lowest BCUT2D eigenvalue weighted by molar-refractivity contribution is -0.259. The molecule has 1 aliphatic carbocycles. The molecule has 4 rings (SSSR count). The van der Waals surface area contributed by atoms with Gasteiger partial charge in [0.05, 0.1) is 25.0 Å². The SMILES string of the molecule is O=C1C=C(/C(O)=C2/N[C@H](CO)[C@@H](O)[C@@H]2O)[C@@](O)([C@@H]2O[C@H](CO)[C@@H](O)[C@H](O)[C@H]2O)C(=O)C1=C(O)/C=C/c1ccc(O)cc1. The van der Waals surface area contributed by atoms with Crippen molar-refractivity contribution in [2.45, 2.75) is 54.4 Å². The van der Waals surface area contributed by atoms with Crippen LogP contribution in [-0.2, 0) is 14.3 Å². The van der Waals surface area contributed by atoms with Gasteiger partial charge in [-0.05, 0) is 29.8 Å². The summed E-state index contributed by atoms with van der Waals surface area (Å²) in [5.74, 6) is -5.09. The van der Waals surface area contributed by atoms with E-state index in [0.29, 0.717) is 11.6 Å². The summed E-state index contributed by atoms with van der Waals surface area (Å²) in [5.41, 5.74) is -5.57. The Morgan fingerprint density at radius 3 is 2.14 bits per heavy atom. The van der Waals surface area contributed by atoms with Gasteiger partial charge in [0.1, 0.15) is 65.6 Å². The second-order valence-electron chi connectivity index (χ2n) is 10.1. The van der Waals surface area contributed by atoms with E-state index in [4.69, 9.17) is 4.74 Å². The number of ether oxygens (including phenoxy) is 1. The first kappa shape index (κ1) is 31.3. The Kier molecular flexibility index (Phi) is 8.89. The van der Waals surface area contributed by atoms with Crippen molar-refractivity contribution in [1.29, 1.82) is 0 Å². The van der Waals surface area contributed by atoms with Gasteiger partial charge in [-0.15, -0.1) is 0 Å². The summed E-state index contributed by atoms with van der Waals surface area (Å²) in [6.45, 7) is -1.69. The normalized spacial score (nSPS) is 38.0. The van der Waals surface area contributed by atoms with Gasteiger partial charge in [-0.25, -0.2) is 0 Å². The minimum Gasteiger partial charge on any atom is -0.508 e. The van der Waals surface area contributed by atoms with Crippen LogP contribution in [-0.4, -0.2) is 135 Å². The molecule has 0 aromatic heterocycles. The maximum Gasteiger partial charge on any atom is 0.209 e. The number of aliphatic hydroxyl groups excluding tert-OH is 9. The third-order valence-corrected chi connectivity index (χ3v) is 7.47. The molecule has 42 heavy (non-hydrogen) atoms. The summed E-state index contributed by atoms with van der Waals surface area (Å²) >= 11 is 0. The second-order valence-corrected chi connectivity index (χ2v) is 10.1. The lowest BCUT2D eigenvalue weighted by Crippen LogP contribution is -2.69. The van der Waals surface area contributed by atoms with Gasteiger partial charge in [0.2, 0.25) is 5.78 Å². The van der Waals surface area contributed by atoms with Crippen molar-refractivity contribution in [3.8, 4) is 5.75 Å². The number of rotatable bonds is 6. The number of benzene rings is 1. The average molecular weight is 594 g/mol. The molecule has 2 fully saturated rings. The van der Waals surface area contributed by atoms with Crippen LogP contribution in [0.3, 0.4) is 0 Å². The van der Waals surface area contributed by atoms with E-state index in [1.54, 1.807) is 0 Å². The molecule has 0 saturated carbocycles. The molecule has 15 heteroatoms. The van der Waals surface area contributed by atoms with Gasteiger partial charge in [0.15, 0.2) is 11.4 Å². The molecule has 12 N–H and O–H groups in total. The molecular weight excluding hydrogens is 562 g/mol. The number of Topliss-reactive ketones (excluding diaryl/α,β-unsaturated/α-hetero) is 1. The van der Waals surface area contributed by atoms with Crippen LogP contribution in [0, 0.1) is 0 Å². The summed E-state index contributed by atoms with van der Waals surface area (Å²) in [7, 11) is 0. The number of hydrogen-bond acceptors (Lipinski definition) is 15. The number of carbonyl (C=O) groups is 2. The monoisotopic (exact) mass is 593 g/mol. The average Bonchev–Trinajstić information content (AvgIpc) is 3.26. The highest BCUT2D eigenvalue weighted by molar-refractivity contribution is 6.31. The Balaban J connectivity index is 1.89. The van der Waals surface area contributed by atoms with E-state index in [1.165, 1.54) is 30.3 Å². The molecule has 0 bridgehead atoms. The number of hydrogen-bond donors (Lipinski definition) is 12. The first-order chi connectivity index (χ1) is 19.8. The molecule has 0 amide bonds. The fraction of sp³-hybridized carbons (Fsp3) is 0.407. The third-order valence-electron chi connectivity index (χ3n) is 7.47. The molecule has 228 valence electrons. The van der Waals surface area contributed by atoms with Gasteiger partial charge >= 0.3 is 0 Å². The van der Waals surface area contributed by atoms with Crippen LogP contribution in [0.4, 0.5) is 0 Å². The number of aliphatic hydroxyl groups is 10. The summed E-state index contributed by atoms with van der Waals surface area (Å²) in [4.78, 5) is 27.0. The number of ketones is 2. The largest absolute Gasteiger partial charge is 0.508 e. The number of carbonyl (C=O) groups excluding carboxylic acids is 2. The molecule has 2 heterocycles. The highest BCUT2D eigenvalue weighted by atomic mass is 16.6. The van der Waals surface area contributed by atoms with Crippen LogP contribution in [0.25, 0.3) is 6.08 Å². The van der Waals surface area contributed by atoms with E-state index < -0.39 is 108 Å². The first-order valence-electron chi connectivity index (χ1n) is 12.7. The van der Waals surface area contributed by atoms with Crippen molar-refractivity contribution in [1.82, 2.24) is 5.32 Å². The van der Waals surface area contributed by atoms with Crippen LogP contribution in [0.2, 0.25) is 0 Å². The Bertz CT molecular complexity index is 1350. The zero-order valence-corrected chi connectivity index (χ0v) is 21.7. The minimum atomic E-state index is -3.32. The quantitative estimate of drug-likeness (QED) is 0.0860. The van der Waals surface area contributed by atoms with E-state index in [1.807, 2.05) is 0 Å². The van der Waals surface area contributed by atoms with Crippen LogP contribution >= 0.6 is 0 Å². The van der Waals surface area contributed by atoms with Crippen molar-refractivity contribution in [2.75, 3.05) is 13.2 Å². The predicted molar refractivity (Wildman–Crippen MR) is 139 cm³/mol. The van der Waals surface area contributed by atoms with Crippen molar-refractivity contribution in [3.63, 3.8) is 0 Å². The zero-order valence-electron chi connectivity index (χ0n) is 21.7. The predicted octanol–water partition coefficient (Wildman–Crippen LogP) is -3.68. The van der Waals surface area contributed by atoms with Crippen LogP contribution in [0.1, 0.15) is 5.56 Å². The van der Waals surface area contributed by atoms with Gasteiger partial charge in [-0.3, -0.25) is 9.59 Å². The molecule has 1 aromatic rings. The first-order valence-corrected chi connectivity index (χ1v) is 12.7. The van der Waals surface area contributed by atoms with E-state index >= 15 is 0 Å². The summed E-state index contributed by atoms with van der Waals surface area (Å²) in [5, 5.41) is 117. The molecule has 3 aliphatic rings. The Hall–Kier alpha value is -3.64. The number of phenols is 1. The fourth-order valence-corrected chi connectivity index (χ4v) is 5.07. The summed E-state index contributed by atoms with van der Waals surface area (Å²) in [6.07, 6.45) is -11.2.